The van der Waals surface area contributed by atoms with Crippen LogP contribution in [0.3, 0.4) is 0 Å². The number of amides is 1. The minimum Gasteiger partial charge on any atom is -0.484 e. The van der Waals surface area contributed by atoms with Gasteiger partial charge in [0, 0.05) is 30.8 Å². The molecule has 0 radical (unpaired) electrons. The van der Waals surface area contributed by atoms with Crippen LogP contribution in [0, 0.1) is 0 Å². The Morgan fingerprint density at radius 2 is 1.82 bits per heavy atom. The molecule has 0 fully saturated rings. The molecule has 0 aliphatic rings. The van der Waals surface area contributed by atoms with Crippen molar-refractivity contribution in [2.45, 2.75) is 0 Å². The van der Waals surface area contributed by atoms with Crippen LogP contribution in [0.5, 0.6) is 5.75 Å². The molecule has 1 amide bonds. The number of rotatable bonds is 7. The summed E-state index contributed by atoms with van der Waals surface area (Å²) in [5.41, 5.74) is 1.12. The minimum atomic E-state index is -0.142. The lowest BCUT2D eigenvalue weighted by molar-refractivity contribution is -0.123. The van der Waals surface area contributed by atoms with Gasteiger partial charge in [-0.2, -0.15) is 0 Å². The van der Waals surface area contributed by atoms with E-state index in [1.165, 1.54) is 0 Å². The summed E-state index contributed by atoms with van der Waals surface area (Å²) >= 11 is 5.78. The molecule has 0 spiro atoms. The summed E-state index contributed by atoms with van der Waals surface area (Å²) in [7, 11) is 1.99. The molecule has 0 aromatic heterocycles. The fourth-order valence-corrected chi connectivity index (χ4v) is 2.03. The molecule has 0 atom stereocenters. The molecule has 2 rings (SSSR count). The maximum absolute atomic E-state index is 11.7. The van der Waals surface area contributed by atoms with E-state index < -0.39 is 0 Å². The lowest BCUT2D eigenvalue weighted by Gasteiger charge is -2.19. The number of ether oxygens (including phenoxy) is 1. The van der Waals surface area contributed by atoms with Crippen molar-refractivity contribution in [3.05, 3.63) is 59.6 Å². The zero-order valence-electron chi connectivity index (χ0n) is 12.5. The second kappa shape index (κ2) is 8.29. The minimum absolute atomic E-state index is 0.00329. The van der Waals surface area contributed by atoms with Crippen LogP contribution in [-0.2, 0) is 4.79 Å². The summed E-state index contributed by atoms with van der Waals surface area (Å²) in [5, 5.41) is 3.47. The number of nitrogens with zero attached hydrogens (tertiary/aromatic N) is 1. The first-order valence-corrected chi connectivity index (χ1v) is 7.44. The van der Waals surface area contributed by atoms with Gasteiger partial charge >= 0.3 is 0 Å². The molecule has 0 bridgehead atoms. The van der Waals surface area contributed by atoms with Gasteiger partial charge in [-0.3, -0.25) is 4.79 Å². The Kier molecular flexibility index (Phi) is 6.10. The predicted octanol–water partition coefficient (Wildman–Crippen LogP) is 2.97. The topological polar surface area (TPSA) is 41.6 Å². The van der Waals surface area contributed by atoms with Gasteiger partial charge in [0.05, 0.1) is 0 Å². The lowest BCUT2D eigenvalue weighted by Crippen LogP contribution is -2.35. The van der Waals surface area contributed by atoms with E-state index in [1.807, 2.05) is 37.4 Å². The van der Waals surface area contributed by atoms with Gasteiger partial charge in [0.15, 0.2) is 6.61 Å². The van der Waals surface area contributed by atoms with Crippen molar-refractivity contribution >= 4 is 23.2 Å². The summed E-state index contributed by atoms with van der Waals surface area (Å²) in [6.07, 6.45) is 0. The first-order valence-electron chi connectivity index (χ1n) is 7.06. The van der Waals surface area contributed by atoms with E-state index in [4.69, 9.17) is 16.3 Å². The van der Waals surface area contributed by atoms with Crippen molar-refractivity contribution in [1.82, 2.24) is 5.32 Å². The summed E-state index contributed by atoms with van der Waals surface area (Å²) in [6.45, 7) is 1.29. The molecule has 0 saturated carbocycles. The molecule has 2 aromatic rings. The Morgan fingerprint density at radius 1 is 1.14 bits per heavy atom. The number of nitrogens with one attached hydrogen (secondary N) is 1. The Hall–Kier alpha value is -2.20. The summed E-state index contributed by atoms with van der Waals surface area (Å²) in [6, 6.07) is 16.9. The number of para-hydroxylation sites is 1. The molecule has 2 aromatic carbocycles. The van der Waals surface area contributed by atoms with Crippen molar-refractivity contribution in [1.29, 1.82) is 0 Å². The standard InChI is InChI=1S/C17H19ClN2O2/c1-20(15-5-3-2-4-6-15)12-11-19-17(21)13-22-16-9-7-14(18)8-10-16/h2-10H,11-13H2,1H3,(H,19,21). The first-order chi connectivity index (χ1) is 10.6. The number of anilines is 1. The molecule has 4 nitrogen and oxygen atoms in total. The molecule has 22 heavy (non-hydrogen) atoms. The van der Waals surface area contributed by atoms with Gasteiger partial charge in [0.25, 0.3) is 5.91 Å². The number of hydrogen-bond donors (Lipinski definition) is 1. The SMILES string of the molecule is CN(CCNC(=O)COc1ccc(Cl)cc1)c1ccccc1. The number of carbonyl (C=O) groups is 1. The third-order valence-corrected chi connectivity index (χ3v) is 3.40. The third kappa shape index (κ3) is 5.30. The third-order valence-electron chi connectivity index (χ3n) is 3.15. The van der Waals surface area contributed by atoms with Crippen molar-refractivity contribution in [3.63, 3.8) is 0 Å². The first kappa shape index (κ1) is 16.2. The average molecular weight is 319 g/mol. The predicted molar refractivity (Wildman–Crippen MR) is 89.7 cm³/mol. The number of likely N-dealkylation sites (N-methyl/N-ethyl adjacent to an activating group) is 1. The van der Waals surface area contributed by atoms with E-state index in [0.29, 0.717) is 17.3 Å². The zero-order valence-corrected chi connectivity index (χ0v) is 13.2. The molecular formula is C17H19ClN2O2. The molecule has 116 valence electrons. The Labute approximate surface area is 135 Å². The highest BCUT2D eigenvalue weighted by molar-refractivity contribution is 6.30. The van der Waals surface area contributed by atoms with Gasteiger partial charge in [-0.25, -0.2) is 0 Å². The van der Waals surface area contributed by atoms with E-state index in [0.717, 1.165) is 12.2 Å². The zero-order chi connectivity index (χ0) is 15.8. The second-order valence-electron chi connectivity index (χ2n) is 4.85. The number of benzene rings is 2. The molecule has 0 heterocycles. The van der Waals surface area contributed by atoms with Crippen LogP contribution in [0.1, 0.15) is 0 Å². The molecule has 0 saturated heterocycles. The Balaban J connectivity index is 1.66. The van der Waals surface area contributed by atoms with Gasteiger partial charge in [0.1, 0.15) is 5.75 Å². The molecule has 0 unspecified atom stereocenters. The average Bonchev–Trinajstić information content (AvgIpc) is 2.55. The van der Waals surface area contributed by atoms with E-state index in [1.54, 1.807) is 24.3 Å². The van der Waals surface area contributed by atoms with Gasteiger partial charge in [0.2, 0.25) is 0 Å². The maximum atomic E-state index is 11.7. The monoisotopic (exact) mass is 318 g/mol. The molecule has 0 aliphatic heterocycles. The molecule has 1 N–H and O–H groups in total. The molecule has 5 heteroatoms. The van der Waals surface area contributed by atoms with Crippen LogP contribution >= 0.6 is 11.6 Å². The van der Waals surface area contributed by atoms with Crippen molar-refractivity contribution in [2.24, 2.45) is 0 Å². The second-order valence-corrected chi connectivity index (χ2v) is 5.29. The Bertz CT molecular complexity index is 587. The molecule has 0 aliphatic carbocycles. The van der Waals surface area contributed by atoms with Crippen LogP contribution in [0.15, 0.2) is 54.6 Å². The van der Waals surface area contributed by atoms with Crippen LogP contribution < -0.4 is 15.0 Å². The normalized spacial score (nSPS) is 10.1. The molecular weight excluding hydrogens is 300 g/mol. The largest absolute Gasteiger partial charge is 0.484 e. The number of carbonyl (C=O) groups excluding carboxylic acids is 1. The number of halogens is 1. The van der Waals surface area contributed by atoms with Crippen LogP contribution in [-0.4, -0.2) is 32.7 Å². The fourth-order valence-electron chi connectivity index (χ4n) is 1.91. The van der Waals surface area contributed by atoms with Crippen molar-refractivity contribution in [2.75, 3.05) is 31.6 Å². The van der Waals surface area contributed by atoms with Gasteiger partial charge in [-0.15, -0.1) is 0 Å². The number of hydrogen-bond acceptors (Lipinski definition) is 3. The van der Waals surface area contributed by atoms with Crippen molar-refractivity contribution in [3.8, 4) is 5.75 Å². The maximum Gasteiger partial charge on any atom is 0.258 e. The van der Waals surface area contributed by atoms with E-state index in [9.17, 15) is 4.79 Å². The van der Waals surface area contributed by atoms with E-state index in [2.05, 4.69) is 10.2 Å². The highest BCUT2D eigenvalue weighted by Gasteiger charge is 2.04. The van der Waals surface area contributed by atoms with Gasteiger partial charge in [-0.05, 0) is 36.4 Å². The van der Waals surface area contributed by atoms with E-state index >= 15 is 0 Å². The quantitative estimate of drug-likeness (QED) is 0.853. The summed E-state index contributed by atoms with van der Waals surface area (Å²) < 4.78 is 5.38. The van der Waals surface area contributed by atoms with Gasteiger partial charge < -0.3 is 15.0 Å². The lowest BCUT2D eigenvalue weighted by atomic mass is 10.3. The van der Waals surface area contributed by atoms with Crippen LogP contribution in [0.25, 0.3) is 0 Å². The Morgan fingerprint density at radius 3 is 2.50 bits per heavy atom. The summed E-state index contributed by atoms with van der Waals surface area (Å²) in [5.74, 6) is 0.484. The highest BCUT2D eigenvalue weighted by atomic mass is 35.5. The van der Waals surface area contributed by atoms with Gasteiger partial charge in [-0.1, -0.05) is 29.8 Å². The van der Waals surface area contributed by atoms with E-state index in [-0.39, 0.29) is 12.5 Å². The van der Waals surface area contributed by atoms with Crippen LogP contribution in [0.2, 0.25) is 5.02 Å². The summed E-state index contributed by atoms with van der Waals surface area (Å²) in [4.78, 5) is 13.8. The fraction of sp³-hybridized carbons (Fsp3) is 0.235. The van der Waals surface area contributed by atoms with Crippen molar-refractivity contribution < 1.29 is 9.53 Å². The van der Waals surface area contributed by atoms with Crippen LogP contribution in [0.4, 0.5) is 5.69 Å². The smallest absolute Gasteiger partial charge is 0.258 e. The highest BCUT2D eigenvalue weighted by Crippen LogP contribution is 2.15.